The van der Waals surface area contributed by atoms with Crippen molar-refractivity contribution in [1.29, 1.82) is 0 Å². The highest BCUT2D eigenvalue weighted by molar-refractivity contribution is 6.00. The number of rotatable bonds is 7. The molecule has 4 heterocycles. The van der Waals surface area contributed by atoms with Crippen LogP contribution in [0.4, 0.5) is 0 Å². The van der Waals surface area contributed by atoms with Crippen molar-refractivity contribution in [1.82, 2.24) is 29.4 Å². The lowest BCUT2D eigenvalue weighted by Crippen LogP contribution is -2.60. The third-order valence-corrected chi connectivity index (χ3v) is 6.95. The summed E-state index contributed by atoms with van der Waals surface area (Å²) >= 11 is 0. The maximum atomic E-state index is 12.6. The van der Waals surface area contributed by atoms with Gasteiger partial charge in [0.2, 0.25) is 23.6 Å². The van der Waals surface area contributed by atoms with E-state index in [1.165, 1.54) is 22.6 Å². The van der Waals surface area contributed by atoms with E-state index < -0.39 is 0 Å². The summed E-state index contributed by atoms with van der Waals surface area (Å²) in [5, 5.41) is 0. The summed E-state index contributed by atoms with van der Waals surface area (Å²) in [6.07, 6.45) is 6.89. The van der Waals surface area contributed by atoms with Crippen molar-refractivity contribution in [3.05, 3.63) is 0 Å². The van der Waals surface area contributed by atoms with E-state index in [1.54, 1.807) is 0 Å². The molecule has 0 aromatic rings. The molecule has 0 atom stereocenters. The molecular weight excluding hydrogens is 412 g/mol. The lowest BCUT2D eigenvalue weighted by atomic mass is 10.1. The molecule has 4 saturated heterocycles. The van der Waals surface area contributed by atoms with Gasteiger partial charge in [-0.3, -0.25) is 48.6 Å². The fraction of sp³-hybridized carbons (Fsp3) is 0.818. The average molecular weight is 449 g/mol. The third kappa shape index (κ3) is 5.92. The number of imide groups is 2. The summed E-state index contributed by atoms with van der Waals surface area (Å²) in [5.74, 6) is -0.647. The molecule has 0 aromatic heterocycles. The number of carbonyl (C=O) groups is 4. The fourth-order valence-corrected chi connectivity index (χ4v) is 5.01. The molecule has 4 aliphatic heterocycles. The van der Waals surface area contributed by atoms with Crippen LogP contribution in [-0.2, 0) is 19.2 Å². The standard InChI is InChI=1S/C22H36N6O4/c29-19-13-25(14-20(30)27(19)17-23-7-3-1-4-8-23)11-12-26-15-21(31)28(22(32)16-26)18-24-9-5-2-6-10-24/h1-18H2. The highest BCUT2D eigenvalue weighted by atomic mass is 16.2. The van der Waals surface area contributed by atoms with Gasteiger partial charge in [-0.15, -0.1) is 0 Å². The predicted octanol–water partition coefficient (Wildman–Crippen LogP) is -0.785. The summed E-state index contributed by atoms with van der Waals surface area (Å²) < 4.78 is 0. The van der Waals surface area contributed by atoms with E-state index in [0.29, 0.717) is 26.4 Å². The zero-order valence-corrected chi connectivity index (χ0v) is 19.0. The first-order valence-corrected chi connectivity index (χ1v) is 12.1. The van der Waals surface area contributed by atoms with Gasteiger partial charge in [0.15, 0.2) is 0 Å². The van der Waals surface area contributed by atoms with E-state index in [0.717, 1.165) is 51.9 Å². The Labute approximate surface area is 190 Å². The molecule has 4 rings (SSSR count). The van der Waals surface area contributed by atoms with Gasteiger partial charge in [0.1, 0.15) is 0 Å². The van der Waals surface area contributed by atoms with Crippen molar-refractivity contribution in [3.8, 4) is 0 Å². The largest absolute Gasteiger partial charge is 0.286 e. The first-order valence-electron chi connectivity index (χ1n) is 12.1. The van der Waals surface area contributed by atoms with Crippen molar-refractivity contribution in [2.75, 3.05) is 78.8 Å². The molecule has 0 spiro atoms. The van der Waals surface area contributed by atoms with Crippen LogP contribution in [0.1, 0.15) is 38.5 Å². The number of amides is 4. The minimum atomic E-state index is -0.162. The number of nitrogens with zero attached hydrogens (tertiary/aromatic N) is 6. The Hall–Kier alpha value is -1.88. The lowest BCUT2D eigenvalue weighted by Gasteiger charge is -2.39. The number of hydrogen-bond donors (Lipinski definition) is 0. The highest BCUT2D eigenvalue weighted by Crippen LogP contribution is 2.14. The molecule has 0 unspecified atom stereocenters. The summed E-state index contributed by atoms with van der Waals surface area (Å²) in [5.41, 5.74) is 0. The maximum Gasteiger partial charge on any atom is 0.244 e. The van der Waals surface area contributed by atoms with Gasteiger partial charge in [-0.1, -0.05) is 12.8 Å². The normalized spacial score (nSPS) is 25.8. The molecule has 0 aliphatic carbocycles. The first-order chi connectivity index (χ1) is 15.5. The van der Waals surface area contributed by atoms with Gasteiger partial charge in [-0.05, 0) is 51.9 Å². The molecule has 4 fully saturated rings. The van der Waals surface area contributed by atoms with Crippen molar-refractivity contribution in [2.24, 2.45) is 0 Å². The quantitative estimate of drug-likeness (QED) is 0.469. The van der Waals surface area contributed by atoms with E-state index in [9.17, 15) is 19.2 Å². The van der Waals surface area contributed by atoms with Crippen LogP contribution in [0.25, 0.3) is 0 Å². The van der Waals surface area contributed by atoms with Gasteiger partial charge in [-0.25, -0.2) is 0 Å². The number of carbonyl (C=O) groups excluding carboxylic acids is 4. The second kappa shape index (κ2) is 10.8. The molecule has 32 heavy (non-hydrogen) atoms. The van der Waals surface area contributed by atoms with Crippen LogP contribution in [0.2, 0.25) is 0 Å². The molecule has 4 amide bonds. The van der Waals surface area contributed by atoms with Gasteiger partial charge >= 0.3 is 0 Å². The third-order valence-electron chi connectivity index (χ3n) is 6.95. The Bertz CT molecular complexity index is 623. The summed E-state index contributed by atoms with van der Waals surface area (Å²) in [4.78, 5) is 61.1. The van der Waals surface area contributed by atoms with Crippen LogP contribution in [0.15, 0.2) is 0 Å². The van der Waals surface area contributed by atoms with Gasteiger partial charge in [0.05, 0.1) is 39.5 Å². The number of piperazine rings is 2. The SMILES string of the molecule is O=C1CN(CCN2CC(=O)N(CN3CCCCC3)C(=O)C2)CC(=O)N1CN1CCCCC1. The Morgan fingerprint density at radius 2 is 0.750 bits per heavy atom. The van der Waals surface area contributed by atoms with Gasteiger partial charge < -0.3 is 0 Å². The Balaban J connectivity index is 1.21. The van der Waals surface area contributed by atoms with E-state index in [-0.39, 0.29) is 49.8 Å². The highest BCUT2D eigenvalue weighted by Gasteiger charge is 2.35. The minimum absolute atomic E-state index is 0.162. The minimum Gasteiger partial charge on any atom is -0.286 e. The van der Waals surface area contributed by atoms with E-state index in [1.807, 2.05) is 9.80 Å². The van der Waals surface area contributed by atoms with Crippen molar-refractivity contribution in [2.45, 2.75) is 38.5 Å². The van der Waals surface area contributed by atoms with Crippen LogP contribution in [-0.4, -0.2) is 132 Å². The van der Waals surface area contributed by atoms with Crippen LogP contribution < -0.4 is 0 Å². The van der Waals surface area contributed by atoms with E-state index in [4.69, 9.17) is 0 Å². The molecule has 0 aromatic carbocycles. The van der Waals surface area contributed by atoms with Gasteiger partial charge in [-0.2, -0.15) is 0 Å². The average Bonchev–Trinajstić information content (AvgIpc) is 2.79. The number of hydrogen-bond acceptors (Lipinski definition) is 8. The van der Waals surface area contributed by atoms with Crippen LogP contribution in [0, 0.1) is 0 Å². The molecule has 0 radical (unpaired) electrons. The Morgan fingerprint density at radius 1 is 0.438 bits per heavy atom. The predicted molar refractivity (Wildman–Crippen MR) is 117 cm³/mol. The Kier molecular flexibility index (Phi) is 7.88. The van der Waals surface area contributed by atoms with E-state index >= 15 is 0 Å². The number of piperidine rings is 2. The van der Waals surface area contributed by atoms with Gasteiger partial charge in [0.25, 0.3) is 0 Å². The smallest absolute Gasteiger partial charge is 0.244 e. The van der Waals surface area contributed by atoms with Gasteiger partial charge in [0, 0.05) is 13.1 Å². The fourth-order valence-electron chi connectivity index (χ4n) is 5.01. The van der Waals surface area contributed by atoms with E-state index in [2.05, 4.69) is 9.80 Å². The van der Waals surface area contributed by atoms with Crippen molar-refractivity contribution in [3.63, 3.8) is 0 Å². The van der Waals surface area contributed by atoms with Crippen molar-refractivity contribution < 1.29 is 19.2 Å². The van der Waals surface area contributed by atoms with Crippen molar-refractivity contribution >= 4 is 23.6 Å². The summed E-state index contributed by atoms with van der Waals surface area (Å²) in [6, 6.07) is 0. The second-order valence-corrected chi connectivity index (χ2v) is 9.49. The first kappa shape index (κ1) is 23.3. The molecule has 4 aliphatic rings. The maximum absolute atomic E-state index is 12.6. The lowest BCUT2D eigenvalue weighted by molar-refractivity contribution is -0.157. The Morgan fingerprint density at radius 3 is 1.06 bits per heavy atom. The molecule has 178 valence electrons. The zero-order valence-electron chi connectivity index (χ0n) is 19.0. The topological polar surface area (TPSA) is 87.7 Å². The summed E-state index contributed by atoms with van der Waals surface area (Å²) in [7, 11) is 0. The van der Waals surface area contributed by atoms with Crippen LogP contribution in [0.5, 0.6) is 0 Å². The zero-order chi connectivity index (χ0) is 22.5. The molecule has 0 bridgehead atoms. The molecule has 10 nitrogen and oxygen atoms in total. The molecular formula is C22H36N6O4. The van der Waals surface area contributed by atoms with Crippen LogP contribution in [0.3, 0.4) is 0 Å². The number of likely N-dealkylation sites (tertiary alicyclic amines) is 2. The molecule has 0 N–H and O–H groups in total. The molecule has 0 saturated carbocycles. The van der Waals surface area contributed by atoms with Crippen LogP contribution >= 0.6 is 0 Å². The summed E-state index contributed by atoms with van der Waals surface area (Å²) in [6.45, 7) is 6.34. The monoisotopic (exact) mass is 448 g/mol. The second-order valence-electron chi connectivity index (χ2n) is 9.49. The molecule has 10 heteroatoms.